The van der Waals surface area contributed by atoms with E-state index in [4.69, 9.17) is 11.6 Å². The minimum Gasteiger partial charge on any atom is -0.378 e. The van der Waals surface area contributed by atoms with Crippen LogP contribution >= 0.6 is 11.6 Å². The van der Waals surface area contributed by atoms with Crippen LogP contribution < -0.4 is 5.32 Å². The van der Waals surface area contributed by atoms with Gasteiger partial charge >= 0.3 is 0 Å². The van der Waals surface area contributed by atoms with Crippen LogP contribution in [0.15, 0.2) is 43.1 Å². The highest BCUT2D eigenvalue weighted by Crippen LogP contribution is 2.27. The number of nitrogens with one attached hydrogen (secondary N) is 1. The Morgan fingerprint density at radius 1 is 1.29 bits per heavy atom. The third kappa shape index (κ3) is 3.00. The molecule has 106 valence electrons. The van der Waals surface area contributed by atoms with Gasteiger partial charge in [-0.05, 0) is 25.1 Å². The van der Waals surface area contributed by atoms with E-state index in [9.17, 15) is 0 Å². The smallest absolute Gasteiger partial charge is 0.138 e. The molecule has 0 fully saturated rings. The quantitative estimate of drug-likeness (QED) is 0.802. The van der Waals surface area contributed by atoms with Crippen LogP contribution in [-0.2, 0) is 6.54 Å². The lowest BCUT2D eigenvalue weighted by Crippen LogP contribution is -2.07. The second-order valence-electron chi connectivity index (χ2n) is 4.42. The summed E-state index contributed by atoms with van der Waals surface area (Å²) in [7, 11) is 0. The summed E-state index contributed by atoms with van der Waals surface area (Å²) in [5.41, 5.74) is 2.54. The number of aromatic nitrogens is 5. The number of rotatable bonds is 4. The van der Waals surface area contributed by atoms with Gasteiger partial charge in [-0.3, -0.25) is 0 Å². The van der Waals surface area contributed by atoms with Crippen molar-refractivity contribution in [3.8, 4) is 5.69 Å². The van der Waals surface area contributed by atoms with Crippen molar-refractivity contribution in [2.24, 2.45) is 0 Å². The van der Waals surface area contributed by atoms with Gasteiger partial charge in [-0.1, -0.05) is 17.7 Å². The van der Waals surface area contributed by atoms with Gasteiger partial charge in [-0.15, -0.1) is 0 Å². The molecule has 3 aromatic rings. The predicted octanol–water partition coefficient (Wildman–Crippen LogP) is 2.63. The molecule has 0 saturated heterocycles. The molecule has 0 atom stereocenters. The van der Waals surface area contributed by atoms with Crippen LogP contribution in [0, 0.1) is 6.92 Å². The van der Waals surface area contributed by atoms with E-state index in [1.807, 2.05) is 31.2 Å². The number of benzene rings is 1. The normalized spacial score (nSPS) is 10.6. The number of para-hydroxylation sites is 1. The summed E-state index contributed by atoms with van der Waals surface area (Å²) in [5, 5.41) is 8.06. The van der Waals surface area contributed by atoms with Crippen molar-refractivity contribution < 1.29 is 0 Å². The second kappa shape index (κ2) is 5.88. The van der Waals surface area contributed by atoms with E-state index < -0.39 is 0 Å². The van der Waals surface area contributed by atoms with Crippen molar-refractivity contribution in [3.63, 3.8) is 0 Å². The van der Waals surface area contributed by atoms with Crippen LogP contribution in [0.2, 0.25) is 5.02 Å². The zero-order chi connectivity index (χ0) is 14.7. The fourth-order valence-electron chi connectivity index (χ4n) is 2.00. The van der Waals surface area contributed by atoms with Crippen LogP contribution in [-0.4, -0.2) is 24.7 Å². The Morgan fingerprint density at radius 3 is 2.95 bits per heavy atom. The average molecular weight is 301 g/mol. The van der Waals surface area contributed by atoms with E-state index >= 15 is 0 Å². The third-order valence-corrected chi connectivity index (χ3v) is 3.23. The first-order chi connectivity index (χ1) is 10.2. The molecule has 7 heteroatoms. The van der Waals surface area contributed by atoms with Gasteiger partial charge in [0.05, 0.1) is 22.9 Å². The summed E-state index contributed by atoms with van der Waals surface area (Å²) in [4.78, 5) is 12.4. The van der Waals surface area contributed by atoms with Gasteiger partial charge in [0.25, 0.3) is 0 Å². The maximum Gasteiger partial charge on any atom is 0.138 e. The SMILES string of the molecule is Cc1nccc(CNc2cccc(Cl)c2-n2cncn2)n1. The van der Waals surface area contributed by atoms with E-state index in [1.165, 1.54) is 6.33 Å². The molecule has 0 unspecified atom stereocenters. The molecule has 0 spiro atoms. The first-order valence-corrected chi connectivity index (χ1v) is 6.78. The van der Waals surface area contributed by atoms with E-state index in [2.05, 4.69) is 25.4 Å². The van der Waals surface area contributed by atoms with Crippen molar-refractivity contribution in [1.29, 1.82) is 0 Å². The Labute approximate surface area is 126 Å². The van der Waals surface area contributed by atoms with E-state index in [0.29, 0.717) is 11.6 Å². The van der Waals surface area contributed by atoms with Crippen molar-refractivity contribution in [1.82, 2.24) is 24.7 Å². The fourth-order valence-corrected chi connectivity index (χ4v) is 2.27. The van der Waals surface area contributed by atoms with Crippen LogP contribution in [0.5, 0.6) is 0 Å². The van der Waals surface area contributed by atoms with Crippen LogP contribution in [0.3, 0.4) is 0 Å². The van der Waals surface area contributed by atoms with Crippen LogP contribution in [0.4, 0.5) is 5.69 Å². The molecule has 0 saturated carbocycles. The summed E-state index contributed by atoms with van der Waals surface area (Å²) >= 11 is 6.27. The number of nitrogens with zero attached hydrogens (tertiary/aromatic N) is 5. The number of hydrogen-bond acceptors (Lipinski definition) is 5. The zero-order valence-corrected chi connectivity index (χ0v) is 12.1. The maximum absolute atomic E-state index is 6.27. The number of halogens is 1. The second-order valence-corrected chi connectivity index (χ2v) is 4.83. The molecule has 6 nitrogen and oxygen atoms in total. The van der Waals surface area contributed by atoms with E-state index in [-0.39, 0.29) is 0 Å². The first kappa shape index (κ1) is 13.5. The van der Waals surface area contributed by atoms with Gasteiger partial charge in [-0.25, -0.2) is 19.6 Å². The Morgan fingerprint density at radius 2 is 2.19 bits per heavy atom. The molecule has 1 N–H and O–H groups in total. The lowest BCUT2D eigenvalue weighted by molar-refractivity contribution is 0.875. The highest BCUT2D eigenvalue weighted by molar-refractivity contribution is 6.33. The molecule has 0 aliphatic carbocycles. The molecule has 0 aliphatic heterocycles. The summed E-state index contributed by atoms with van der Waals surface area (Å²) in [6.07, 6.45) is 4.83. The Hall–Kier alpha value is -2.47. The van der Waals surface area contributed by atoms with Crippen molar-refractivity contribution in [3.05, 3.63) is 59.7 Å². The van der Waals surface area contributed by atoms with Gasteiger partial charge in [0.1, 0.15) is 24.2 Å². The van der Waals surface area contributed by atoms with Gasteiger partial charge in [0.2, 0.25) is 0 Å². The van der Waals surface area contributed by atoms with Gasteiger partial charge in [0.15, 0.2) is 0 Å². The molecule has 0 amide bonds. The maximum atomic E-state index is 6.27. The molecule has 0 bridgehead atoms. The number of hydrogen-bond donors (Lipinski definition) is 1. The third-order valence-electron chi connectivity index (χ3n) is 2.93. The molecular formula is C14H13ClN6. The van der Waals surface area contributed by atoms with Crippen molar-refractivity contribution in [2.75, 3.05) is 5.32 Å². The largest absolute Gasteiger partial charge is 0.378 e. The predicted molar refractivity (Wildman–Crippen MR) is 80.5 cm³/mol. The molecule has 0 aliphatic rings. The van der Waals surface area contributed by atoms with Crippen LogP contribution in [0.1, 0.15) is 11.5 Å². The van der Waals surface area contributed by atoms with Gasteiger partial charge in [-0.2, -0.15) is 5.10 Å². The summed E-state index contributed by atoms with van der Waals surface area (Å²) < 4.78 is 1.63. The number of aryl methyl sites for hydroxylation is 1. The Kier molecular flexibility index (Phi) is 3.79. The first-order valence-electron chi connectivity index (χ1n) is 6.40. The van der Waals surface area contributed by atoms with Crippen LogP contribution in [0.25, 0.3) is 5.69 Å². The molecule has 1 aromatic carbocycles. The molecular weight excluding hydrogens is 288 g/mol. The fraction of sp³-hybridized carbons (Fsp3) is 0.143. The van der Waals surface area contributed by atoms with E-state index in [1.54, 1.807) is 17.2 Å². The monoisotopic (exact) mass is 300 g/mol. The summed E-state index contributed by atoms with van der Waals surface area (Å²) in [6.45, 7) is 2.44. The molecule has 0 radical (unpaired) electrons. The minimum atomic E-state index is 0.575. The Balaban J connectivity index is 1.88. The lowest BCUT2D eigenvalue weighted by atomic mass is 10.2. The lowest BCUT2D eigenvalue weighted by Gasteiger charge is -2.13. The van der Waals surface area contributed by atoms with E-state index in [0.717, 1.165) is 22.9 Å². The zero-order valence-electron chi connectivity index (χ0n) is 11.4. The van der Waals surface area contributed by atoms with Crippen molar-refractivity contribution >= 4 is 17.3 Å². The average Bonchev–Trinajstić information content (AvgIpc) is 2.99. The van der Waals surface area contributed by atoms with Gasteiger partial charge in [0, 0.05) is 6.20 Å². The molecule has 2 heterocycles. The number of anilines is 1. The summed E-state index contributed by atoms with van der Waals surface area (Å²) in [6, 6.07) is 7.52. The Bertz CT molecular complexity index is 741. The highest BCUT2D eigenvalue weighted by Gasteiger charge is 2.10. The molecule has 3 rings (SSSR count). The topological polar surface area (TPSA) is 68.5 Å². The standard InChI is InChI=1S/C14H13ClN6/c1-10-17-6-5-11(20-10)7-18-13-4-2-3-12(15)14(13)21-9-16-8-19-21/h2-6,8-9,18H,7H2,1H3. The minimum absolute atomic E-state index is 0.575. The molecule has 21 heavy (non-hydrogen) atoms. The van der Waals surface area contributed by atoms with Crippen molar-refractivity contribution in [2.45, 2.75) is 13.5 Å². The summed E-state index contributed by atoms with van der Waals surface area (Å²) in [5.74, 6) is 0.747. The highest BCUT2D eigenvalue weighted by atomic mass is 35.5. The molecule has 2 aromatic heterocycles. The van der Waals surface area contributed by atoms with Gasteiger partial charge < -0.3 is 5.32 Å².